The Kier molecular flexibility index (Phi) is 2.98. The van der Waals surface area contributed by atoms with Crippen molar-refractivity contribution in [1.82, 2.24) is 4.98 Å². The highest BCUT2D eigenvalue weighted by Gasteiger charge is 2.18. The van der Waals surface area contributed by atoms with Crippen LogP contribution in [0.3, 0.4) is 0 Å². The molecule has 0 spiro atoms. The standard InChI is InChI=1S/C14H13NO3S/c1-8-12(14(16)17-2)15-13(19-8)10-3-4-11-9(7-10)5-6-18-11/h3-4,7H,5-6H2,1-2H3. The summed E-state index contributed by atoms with van der Waals surface area (Å²) in [6, 6.07) is 6.03. The van der Waals surface area contributed by atoms with Crippen LogP contribution in [0, 0.1) is 6.92 Å². The molecule has 5 heteroatoms. The summed E-state index contributed by atoms with van der Waals surface area (Å²) in [5.74, 6) is 0.565. The summed E-state index contributed by atoms with van der Waals surface area (Å²) in [6.45, 7) is 2.62. The molecule has 2 aromatic rings. The maximum Gasteiger partial charge on any atom is 0.357 e. The lowest BCUT2D eigenvalue weighted by Crippen LogP contribution is -2.03. The molecule has 2 heterocycles. The first-order valence-electron chi connectivity index (χ1n) is 6.01. The summed E-state index contributed by atoms with van der Waals surface area (Å²) in [6.07, 6.45) is 0.928. The number of thiazole rings is 1. The lowest BCUT2D eigenvalue weighted by molar-refractivity contribution is 0.0594. The van der Waals surface area contributed by atoms with E-state index in [0.717, 1.165) is 34.2 Å². The maximum absolute atomic E-state index is 11.6. The molecule has 0 bridgehead atoms. The SMILES string of the molecule is COC(=O)c1nc(-c2ccc3c(c2)CCO3)sc1C. The predicted molar refractivity (Wildman–Crippen MR) is 72.8 cm³/mol. The minimum Gasteiger partial charge on any atom is -0.493 e. The van der Waals surface area contributed by atoms with Crippen molar-refractivity contribution in [2.24, 2.45) is 0 Å². The fourth-order valence-electron chi connectivity index (χ4n) is 2.13. The molecule has 0 aliphatic carbocycles. The fourth-order valence-corrected chi connectivity index (χ4v) is 3.02. The van der Waals surface area contributed by atoms with Crippen LogP contribution in [0.4, 0.5) is 0 Å². The Bertz CT molecular complexity index is 648. The van der Waals surface area contributed by atoms with Crippen LogP contribution >= 0.6 is 11.3 Å². The first-order valence-corrected chi connectivity index (χ1v) is 6.82. The number of nitrogens with zero attached hydrogens (tertiary/aromatic N) is 1. The molecule has 19 heavy (non-hydrogen) atoms. The fraction of sp³-hybridized carbons (Fsp3) is 0.286. The van der Waals surface area contributed by atoms with Gasteiger partial charge in [-0.2, -0.15) is 0 Å². The minimum absolute atomic E-state index is 0.385. The molecule has 0 saturated heterocycles. The van der Waals surface area contributed by atoms with Gasteiger partial charge in [0.25, 0.3) is 0 Å². The second-order valence-electron chi connectivity index (χ2n) is 4.34. The average Bonchev–Trinajstić information content (AvgIpc) is 3.03. The Hall–Kier alpha value is -1.88. The smallest absolute Gasteiger partial charge is 0.357 e. The molecule has 0 amide bonds. The normalized spacial score (nSPS) is 12.9. The molecular weight excluding hydrogens is 262 g/mol. The second kappa shape index (κ2) is 4.66. The lowest BCUT2D eigenvalue weighted by Gasteiger charge is -2.00. The van der Waals surface area contributed by atoms with Crippen molar-refractivity contribution >= 4 is 17.3 Å². The van der Waals surface area contributed by atoms with Gasteiger partial charge in [0.15, 0.2) is 5.69 Å². The van der Waals surface area contributed by atoms with Gasteiger partial charge in [-0.05, 0) is 30.7 Å². The molecule has 3 rings (SSSR count). The number of aryl methyl sites for hydroxylation is 1. The number of ether oxygens (including phenoxy) is 2. The predicted octanol–water partition coefficient (Wildman–Crippen LogP) is 2.84. The van der Waals surface area contributed by atoms with Gasteiger partial charge in [-0.1, -0.05) is 0 Å². The van der Waals surface area contributed by atoms with E-state index in [0.29, 0.717) is 5.69 Å². The zero-order valence-electron chi connectivity index (χ0n) is 10.7. The largest absolute Gasteiger partial charge is 0.493 e. The van der Waals surface area contributed by atoms with E-state index in [1.807, 2.05) is 19.1 Å². The second-order valence-corrected chi connectivity index (χ2v) is 5.54. The van der Waals surface area contributed by atoms with Crippen LogP contribution < -0.4 is 4.74 Å². The first kappa shape index (κ1) is 12.2. The van der Waals surface area contributed by atoms with Gasteiger partial charge in [0.05, 0.1) is 13.7 Å². The zero-order chi connectivity index (χ0) is 13.4. The summed E-state index contributed by atoms with van der Waals surface area (Å²) >= 11 is 1.50. The van der Waals surface area contributed by atoms with Crippen LogP contribution in [0.25, 0.3) is 10.6 Å². The molecule has 1 aliphatic rings. The van der Waals surface area contributed by atoms with E-state index in [-0.39, 0.29) is 5.97 Å². The van der Waals surface area contributed by atoms with Gasteiger partial charge >= 0.3 is 5.97 Å². The quantitative estimate of drug-likeness (QED) is 0.791. The molecular formula is C14H13NO3S. The van der Waals surface area contributed by atoms with Gasteiger partial charge in [0.1, 0.15) is 10.8 Å². The summed E-state index contributed by atoms with van der Waals surface area (Å²) in [7, 11) is 1.37. The van der Waals surface area contributed by atoms with Crippen LogP contribution in [0.1, 0.15) is 20.9 Å². The number of carbonyl (C=O) groups is 1. The lowest BCUT2D eigenvalue weighted by atomic mass is 10.1. The number of fused-ring (bicyclic) bond motifs is 1. The third-order valence-corrected chi connectivity index (χ3v) is 4.13. The molecule has 0 N–H and O–H groups in total. The van der Waals surface area contributed by atoms with Crippen molar-refractivity contribution in [1.29, 1.82) is 0 Å². The van der Waals surface area contributed by atoms with Crippen LogP contribution in [-0.2, 0) is 11.2 Å². The summed E-state index contributed by atoms with van der Waals surface area (Å²) in [5, 5.41) is 0.840. The molecule has 0 atom stereocenters. The molecule has 0 saturated carbocycles. The topological polar surface area (TPSA) is 48.4 Å². The van der Waals surface area contributed by atoms with Gasteiger partial charge < -0.3 is 9.47 Å². The number of hydrogen-bond donors (Lipinski definition) is 0. The Labute approximate surface area is 115 Å². The number of hydrogen-bond acceptors (Lipinski definition) is 5. The van der Waals surface area contributed by atoms with E-state index in [1.165, 1.54) is 24.0 Å². The summed E-state index contributed by atoms with van der Waals surface area (Å²) < 4.78 is 10.2. The van der Waals surface area contributed by atoms with E-state index in [1.54, 1.807) is 0 Å². The van der Waals surface area contributed by atoms with Crippen LogP contribution in [0.2, 0.25) is 0 Å². The van der Waals surface area contributed by atoms with Crippen molar-refractivity contribution in [3.8, 4) is 16.3 Å². The van der Waals surface area contributed by atoms with Crippen molar-refractivity contribution < 1.29 is 14.3 Å². The first-order chi connectivity index (χ1) is 9.19. The van der Waals surface area contributed by atoms with E-state index in [2.05, 4.69) is 11.1 Å². The van der Waals surface area contributed by atoms with Crippen LogP contribution in [0.15, 0.2) is 18.2 Å². The Morgan fingerprint density at radius 3 is 3.11 bits per heavy atom. The van der Waals surface area contributed by atoms with E-state index >= 15 is 0 Å². The summed E-state index contributed by atoms with van der Waals surface area (Å²) in [4.78, 5) is 16.8. The maximum atomic E-state index is 11.6. The van der Waals surface area contributed by atoms with Crippen molar-refractivity contribution in [3.63, 3.8) is 0 Å². The van der Waals surface area contributed by atoms with Gasteiger partial charge in [-0.25, -0.2) is 9.78 Å². The number of esters is 1. The highest BCUT2D eigenvalue weighted by Crippen LogP contribution is 2.33. The highest BCUT2D eigenvalue weighted by molar-refractivity contribution is 7.15. The molecule has 1 aromatic heterocycles. The van der Waals surface area contributed by atoms with Gasteiger partial charge in [-0.15, -0.1) is 11.3 Å². The van der Waals surface area contributed by atoms with E-state index < -0.39 is 0 Å². The van der Waals surface area contributed by atoms with E-state index in [4.69, 9.17) is 9.47 Å². The Morgan fingerprint density at radius 2 is 2.32 bits per heavy atom. The van der Waals surface area contributed by atoms with Crippen LogP contribution in [0.5, 0.6) is 5.75 Å². The van der Waals surface area contributed by atoms with Gasteiger partial charge in [0, 0.05) is 16.9 Å². The molecule has 98 valence electrons. The molecule has 4 nitrogen and oxygen atoms in total. The molecule has 0 fully saturated rings. The third-order valence-electron chi connectivity index (χ3n) is 3.11. The van der Waals surface area contributed by atoms with Gasteiger partial charge in [-0.3, -0.25) is 0 Å². The number of carbonyl (C=O) groups excluding carboxylic acids is 1. The minimum atomic E-state index is -0.385. The van der Waals surface area contributed by atoms with Crippen LogP contribution in [-0.4, -0.2) is 24.7 Å². The van der Waals surface area contributed by atoms with E-state index in [9.17, 15) is 4.79 Å². The Morgan fingerprint density at radius 1 is 1.47 bits per heavy atom. The third kappa shape index (κ3) is 2.10. The average molecular weight is 275 g/mol. The number of methoxy groups -OCH3 is 1. The monoisotopic (exact) mass is 275 g/mol. The molecule has 1 aliphatic heterocycles. The van der Waals surface area contributed by atoms with Crippen molar-refractivity contribution in [2.75, 3.05) is 13.7 Å². The number of aromatic nitrogens is 1. The number of rotatable bonds is 2. The van der Waals surface area contributed by atoms with Crippen molar-refractivity contribution in [3.05, 3.63) is 34.3 Å². The Balaban J connectivity index is 2.01. The molecule has 0 radical (unpaired) electrons. The van der Waals surface area contributed by atoms with Gasteiger partial charge in [0.2, 0.25) is 0 Å². The molecule has 0 unspecified atom stereocenters. The highest BCUT2D eigenvalue weighted by atomic mass is 32.1. The van der Waals surface area contributed by atoms with Crippen molar-refractivity contribution in [2.45, 2.75) is 13.3 Å². The molecule has 1 aromatic carbocycles. The summed E-state index contributed by atoms with van der Waals surface area (Å²) in [5.41, 5.74) is 2.62. The zero-order valence-corrected chi connectivity index (χ0v) is 11.5. The number of benzene rings is 1.